The van der Waals surface area contributed by atoms with Crippen LogP contribution < -0.4 is 10.6 Å². The first kappa shape index (κ1) is 19.5. The number of hydrogen-bond donors (Lipinski definition) is 2. The molecule has 2 amide bonds. The van der Waals surface area contributed by atoms with Gasteiger partial charge in [-0.25, -0.2) is 8.78 Å². The van der Waals surface area contributed by atoms with Gasteiger partial charge in [-0.05, 0) is 37.2 Å². The smallest absolute Gasteiger partial charge is 0.238 e. The average molecular weight is 361 g/mol. The van der Waals surface area contributed by atoms with Gasteiger partial charge in [0, 0.05) is 5.69 Å². The maximum Gasteiger partial charge on any atom is 0.238 e. The Kier molecular flexibility index (Phi) is 6.80. The number of benzene rings is 2. The Morgan fingerprint density at radius 2 is 1.50 bits per heavy atom. The van der Waals surface area contributed by atoms with Crippen molar-refractivity contribution >= 4 is 23.2 Å². The van der Waals surface area contributed by atoms with Crippen molar-refractivity contribution in [1.29, 1.82) is 0 Å². The van der Waals surface area contributed by atoms with Crippen LogP contribution in [-0.4, -0.2) is 36.9 Å². The highest BCUT2D eigenvalue weighted by Gasteiger charge is 2.15. The average Bonchev–Trinajstić information content (AvgIpc) is 2.58. The maximum atomic E-state index is 13.5. The van der Waals surface area contributed by atoms with Crippen LogP contribution in [0.3, 0.4) is 0 Å². The third-order valence-electron chi connectivity index (χ3n) is 3.73. The van der Waals surface area contributed by atoms with Gasteiger partial charge in [0.05, 0.1) is 13.1 Å². The fourth-order valence-corrected chi connectivity index (χ4v) is 2.48. The minimum absolute atomic E-state index is 0.0365. The molecule has 0 spiro atoms. The number of halogens is 2. The molecule has 2 N–H and O–H groups in total. The van der Waals surface area contributed by atoms with E-state index in [2.05, 4.69) is 10.6 Å². The number of hydrogen-bond acceptors (Lipinski definition) is 3. The van der Waals surface area contributed by atoms with E-state index in [1.807, 2.05) is 31.2 Å². The predicted molar refractivity (Wildman–Crippen MR) is 96.9 cm³/mol. The number of anilines is 2. The van der Waals surface area contributed by atoms with Crippen LogP contribution in [0.4, 0.5) is 20.2 Å². The minimum Gasteiger partial charge on any atom is -0.325 e. The van der Waals surface area contributed by atoms with Crippen LogP contribution in [0.25, 0.3) is 0 Å². The van der Waals surface area contributed by atoms with Crippen molar-refractivity contribution in [3.05, 3.63) is 59.7 Å². The summed E-state index contributed by atoms with van der Waals surface area (Å²) in [6.07, 6.45) is 0.781. The van der Waals surface area contributed by atoms with Crippen molar-refractivity contribution in [1.82, 2.24) is 4.90 Å². The topological polar surface area (TPSA) is 61.4 Å². The number of nitrogens with one attached hydrogen (secondary N) is 2. The lowest BCUT2D eigenvalue weighted by atomic mass is 10.1. The lowest BCUT2D eigenvalue weighted by molar-refractivity contribution is -0.119. The van der Waals surface area contributed by atoms with Crippen molar-refractivity contribution in [3.8, 4) is 0 Å². The summed E-state index contributed by atoms with van der Waals surface area (Å²) in [4.78, 5) is 25.5. The Labute approximate surface area is 151 Å². The van der Waals surface area contributed by atoms with E-state index in [9.17, 15) is 18.4 Å². The molecule has 0 aromatic heterocycles. The Balaban J connectivity index is 1.88. The van der Waals surface area contributed by atoms with Gasteiger partial charge >= 0.3 is 0 Å². The summed E-state index contributed by atoms with van der Waals surface area (Å²) in [6, 6.07) is 10.8. The summed E-state index contributed by atoms with van der Waals surface area (Å²) >= 11 is 0. The van der Waals surface area contributed by atoms with Crippen molar-refractivity contribution < 1.29 is 18.4 Å². The first-order chi connectivity index (χ1) is 12.4. The molecule has 0 saturated carbocycles. The number of nitrogens with zero attached hydrogens (tertiary/aromatic N) is 1. The van der Waals surface area contributed by atoms with Gasteiger partial charge in [-0.3, -0.25) is 14.5 Å². The zero-order valence-electron chi connectivity index (χ0n) is 14.7. The van der Waals surface area contributed by atoms with Crippen molar-refractivity contribution in [2.75, 3.05) is 30.8 Å². The van der Waals surface area contributed by atoms with E-state index in [4.69, 9.17) is 0 Å². The minimum atomic E-state index is -0.852. The molecular formula is C19H21F2N3O2. The third-order valence-corrected chi connectivity index (χ3v) is 3.73. The molecule has 0 aliphatic rings. The van der Waals surface area contributed by atoms with Crippen molar-refractivity contribution in [2.24, 2.45) is 0 Å². The van der Waals surface area contributed by atoms with E-state index in [-0.39, 0.29) is 19.0 Å². The Bertz CT molecular complexity index is 776. The summed E-state index contributed by atoms with van der Waals surface area (Å²) in [5.74, 6) is -2.60. The fraction of sp³-hybridized carbons (Fsp3) is 0.263. The molecule has 0 saturated heterocycles. The molecule has 0 fully saturated rings. The second kappa shape index (κ2) is 9.05. The van der Waals surface area contributed by atoms with E-state index in [0.717, 1.165) is 29.8 Å². The van der Waals surface area contributed by atoms with Gasteiger partial charge in [-0.1, -0.05) is 31.2 Å². The number of amides is 2. The van der Waals surface area contributed by atoms with Crippen LogP contribution in [0.1, 0.15) is 12.5 Å². The summed E-state index contributed by atoms with van der Waals surface area (Å²) in [5, 5.41) is 4.99. The van der Waals surface area contributed by atoms with E-state index in [1.165, 1.54) is 11.0 Å². The Hall–Kier alpha value is -2.80. The first-order valence-electron chi connectivity index (χ1n) is 8.21. The van der Waals surface area contributed by atoms with Gasteiger partial charge in [0.15, 0.2) is 0 Å². The number of likely N-dealkylation sites (N-methyl/N-ethyl adjacent to an activating group) is 1. The number of aryl methyl sites for hydroxylation is 1. The fourth-order valence-electron chi connectivity index (χ4n) is 2.48. The number of rotatable bonds is 7. The summed E-state index contributed by atoms with van der Waals surface area (Å²) < 4.78 is 27.1. The quantitative estimate of drug-likeness (QED) is 0.797. The van der Waals surface area contributed by atoms with Gasteiger partial charge in [0.25, 0.3) is 0 Å². The first-order valence-corrected chi connectivity index (χ1v) is 8.21. The molecule has 0 aliphatic carbocycles. The Morgan fingerprint density at radius 1 is 0.923 bits per heavy atom. The second-order valence-electron chi connectivity index (χ2n) is 5.88. The monoisotopic (exact) mass is 361 g/mol. The molecule has 7 heteroatoms. The van der Waals surface area contributed by atoms with Crippen LogP contribution in [0, 0.1) is 11.6 Å². The maximum absolute atomic E-state index is 13.5. The number of carbonyl (C=O) groups is 2. The highest BCUT2D eigenvalue weighted by molar-refractivity contribution is 5.95. The van der Waals surface area contributed by atoms with Gasteiger partial charge in [-0.2, -0.15) is 0 Å². The summed E-state index contributed by atoms with van der Waals surface area (Å²) in [7, 11) is 1.57. The summed E-state index contributed by atoms with van der Waals surface area (Å²) in [6.45, 7) is 1.77. The molecule has 26 heavy (non-hydrogen) atoms. The zero-order chi connectivity index (χ0) is 19.1. The molecule has 0 unspecified atom stereocenters. The summed E-state index contributed by atoms with van der Waals surface area (Å²) in [5.41, 5.74) is 1.25. The van der Waals surface area contributed by atoms with Gasteiger partial charge in [0.1, 0.15) is 17.3 Å². The largest absolute Gasteiger partial charge is 0.325 e. The Morgan fingerprint density at radius 3 is 2.12 bits per heavy atom. The SMILES string of the molecule is CCc1ccccc1NC(=O)CN(C)CC(=O)Nc1c(F)cccc1F. The number of para-hydroxylation sites is 2. The van der Waals surface area contributed by atoms with Gasteiger partial charge in [-0.15, -0.1) is 0 Å². The molecule has 0 aliphatic heterocycles. The van der Waals surface area contributed by atoms with Gasteiger partial charge in [0.2, 0.25) is 11.8 Å². The highest BCUT2D eigenvalue weighted by atomic mass is 19.1. The van der Waals surface area contributed by atoms with Gasteiger partial charge < -0.3 is 10.6 Å². The van der Waals surface area contributed by atoms with E-state index in [1.54, 1.807) is 7.05 Å². The molecule has 2 aromatic rings. The molecule has 138 valence electrons. The van der Waals surface area contributed by atoms with E-state index >= 15 is 0 Å². The molecule has 0 radical (unpaired) electrons. The van der Waals surface area contributed by atoms with Crippen molar-refractivity contribution in [3.63, 3.8) is 0 Å². The molecule has 2 rings (SSSR count). The standard InChI is InChI=1S/C19H21F2N3O2/c1-3-13-7-4-5-10-16(13)22-17(25)11-24(2)12-18(26)23-19-14(20)8-6-9-15(19)21/h4-10H,3,11-12H2,1-2H3,(H,22,25)(H,23,26). The van der Waals surface area contributed by atoms with Crippen LogP contribution in [0.15, 0.2) is 42.5 Å². The van der Waals surface area contributed by atoms with Crippen molar-refractivity contribution in [2.45, 2.75) is 13.3 Å². The zero-order valence-corrected chi connectivity index (χ0v) is 14.7. The highest BCUT2D eigenvalue weighted by Crippen LogP contribution is 2.18. The lowest BCUT2D eigenvalue weighted by Gasteiger charge is -2.17. The predicted octanol–water partition coefficient (Wildman–Crippen LogP) is 3.04. The molecule has 0 heterocycles. The van der Waals surface area contributed by atoms with E-state index < -0.39 is 23.2 Å². The van der Waals surface area contributed by atoms with Crippen LogP contribution in [0.5, 0.6) is 0 Å². The second-order valence-corrected chi connectivity index (χ2v) is 5.88. The molecule has 2 aromatic carbocycles. The molecule has 5 nitrogen and oxygen atoms in total. The number of carbonyl (C=O) groups excluding carboxylic acids is 2. The van der Waals surface area contributed by atoms with Crippen LogP contribution >= 0.6 is 0 Å². The van der Waals surface area contributed by atoms with E-state index in [0.29, 0.717) is 0 Å². The van der Waals surface area contributed by atoms with Crippen LogP contribution in [0.2, 0.25) is 0 Å². The third kappa shape index (κ3) is 5.35. The molecule has 0 atom stereocenters. The van der Waals surface area contributed by atoms with Crippen LogP contribution in [-0.2, 0) is 16.0 Å². The lowest BCUT2D eigenvalue weighted by Crippen LogP contribution is -2.36. The normalized spacial score (nSPS) is 10.7. The molecular weight excluding hydrogens is 340 g/mol. The molecule has 0 bridgehead atoms.